The van der Waals surface area contributed by atoms with Crippen molar-refractivity contribution in [3.05, 3.63) is 88.4 Å². The van der Waals surface area contributed by atoms with Crippen LogP contribution in [0.1, 0.15) is 55.7 Å². The van der Waals surface area contributed by atoms with Gasteiger partial charge in [0.15, 0.2) is 5.82 Å². The summed E-state index contributed by atoms with van der Waals surface area (Å²) in [6, 6.07) is 11.4. The maximum atomic E-state index is 14.8. The van der Waals surface area contributed by atoms with Gasteiger partial charge in [-0.25, -0.2) is 8.78 Å². The third kappa shape index (κ3) is 5.92. The quantitative estimate of drug-likeness (QED) is 0.232. The summed E-state index contributed by atoms with van der Waals surface area (Å²) in [6.45, 7) is 3.82. The van der Waals surface area contributed by atoms with Crippen LogP contribution < -0.4 is 10.6 Å². The number of hydrogen-bond acceptors (Lipinski definition) is 7. The number of anilines is 3. The predicted molar refractivity (Wildman–Crippen MR) is 162 cm³/mol. The summed E-state index contributed by atoms with van der Waals surface area (Å²) in [4.78, 5) is 33.1. The van der Waals surface area contributed by atoms with Gasteiger partial charge in [0.25, 0.3) is 0 Å². The molecule has 4 heterocycles. The number of rotatable bonds is 4. The Morgan fingerprint density at radius 3 is 2.70 bits per heavy atom. The summed E-state index contributed by atoms with van der Waals surface area (Å²) >= 11 is 5.91. The van der Waals surface area contributed by atoms with Crippen molar-refractivity contribution in [2.75, 3.05) is 17.2 Å². The molecule has 2 atom stereocenters. The van der Waals surface area contributed by atoms with Crippen LogP contribution in [-0.2, 0) is 9.59 Å². The van der Waals surface area contributed by atoms with Crippen LogP contribution in [0.25, 0.3) is 16.8 Å². The molecule has 9 nitrogen and oxygen atoms in total. The number of nitrogens with one attached hydrogen (secondary N) is 2. The molecule has 2 aromatic carbocycles. The van der Waals surface area contributed by atoms with Crippen molar-refractivity contribution in [2.45, 2.75) is 45.6 Å². The molecule has 2 N–H and O–H groups in total. The Balaban J connectivity index is 1.35. The first-order chi connectivity index (χ1) is 21.2. The van der Waals surface area contributed by atoms with Crippen LogP contribution in [0.15, 0.2) is 59.2 Å². The second-order valence-corrected chi connectivity index (χ2v) is 11.4. The van der Waals surface area contributed by atoms with E-state index in [4.69, 9.17) is 16.0 Å². The van der Waals surface area contributed by atoms with Crippen LogP contribution in [0.5, 0.6) is 0 Å². The normalized spacial score (nSPS) is 18.9. The van der Waals surface area contributed by atoms with Crippen molar-refractivity contribution >= 4 is 46.4 Å². The van der Waals surface area contributed by atoms with Gasteiger partial charge in [-0.15, -0.1) is 5.10 Å². The minimum Gasteiger partial charge on any atom is -0.408 e. The van der Waals surface area contributed by atoms with E-state index in [0.717, 1.165) is 17.7 Å². The van der Waals surface area contributed by atoms with Gasteiger partial charge in [0.2, 0.25) is 17.7 Å². The first kappa shape index (κ1) is 29.4. The maximum Gasteiger partial charge on any atom is 0.320 e. The monoisotopic (exact) mass is 618 g/mol. The van der Waals surface area contributed by atoms with Crippen molar-refractivity contribution < 1.29 is 22.8 Å². The average molecular weight is 619 g/mol. The van der Waals surface area contributed by atoms with Gasteiger partial charge in [0.05, 0.1) is 28.0 Å². The topological polar surface area (TPSA) is 113 Å². The highest BCUT2D eigenvalue weighted by atomic mass is 35.5. The van der Waals surface area contributed by atoms with Crippen LogP contribution >= 0.6 is 11.6 Å². The van der Waals surface area contributed by atoms with E-state index in [-0.39, 0.29) is 58.9 Å². The Morgan fingerprint density at radius 1 is 1.09 bits per heavy atom. The number of halogens is 3. The molecule has 2 aliphatic heterocycles. The summed E-state index contributed by atoms with van der Waals surface area (Å²) < 4.78 is 34.8. The number of aryl methyl sites for hydroxylation is 1. The molecule has 4 aromatic rings. The molecule has 0 saturated carbocycles. The van der Waals surface area contributed by atoms with E-state index in [0.29, 0.717) is 47.8 Å². The van der Waals surface area contributed by atoms with E-state index < -0.39 is 11.6 Å². The smallest absolute Gasteiger partial charge is 0.320 e. The number of fused-ring (bicyclic) bond motifs is 4. The lowest BCUT2D eigenvalue weighted by molar-refractivity contribution is -0.129. The maximum absolute atomic E-state index is 14.8. The van der Waals surface area contributed by atoms with Gasteiger partial charge in [-0.05, 0) is 72.9 Å². The summed E-state index contributed by atoms with van der Waals surface area (Å²) in [5, 5.41) is 13.7. The van der Waals surface area contributed by atoms with Crippen molar-refractivity contribution in [1.29, 1.82) is 0 Å². The van der Waals surface area contributed by atoms with Crippen molar-refractivity contribution in [2.24, 2.45) is 5.92 Å². The standard InChI is InChI=1S/C32H29ClF2N6O3/c1-17-4-3-5-27(41-13-11-20(15-28(41)42)29-24(34)9-8-23(33)30(29)35)19-10-12-36-25(14-19)22-7-6-21(16-26(22)38-31(17)43)37-32-40-39-18(2)44-32/h6-10,12,14-17,27H,3-5,11,13H2,1-2H3,(H,37,40)(H,38,43). The molecule has 2 aliphatic rings. The van der Waals surface area contributed by atoms with E-state index in [2.05, 4.69) is 25.8 Å². The SMILES string of the molecule is Cc1nnc(Nc2ccc3c(c2)NC(=O)C(C)CCCC(N2CCC(c4c(F)ccc(Cl)c4F)=CC2=O)c2ccnc-3c2)o1. The fourth-order valence-corrected chi connectivity index (χ4v) is 5.87. The number of hydrogen-bond donors (Lipinski definition) is 2. The zero-order valence-corrected chi connectivity index (χ0v) is 24.8. The highest BCUT2D eigenvalue weighted by Crippen LogP contribution is 2.38. The minimum atomic E-state index is -0.875. The molecular formula is C32H29ClF2N6O3. The Morgan fingerprint density at radius 2 is 1.93 bits per heavy atom. The predicted octanol–water partition coefficient (Wildman–Crippen LogP) is 7.23. The van der Waals surface area contributed by atoms with Crippen molar-refractivity contribution in [3.8, 4) is 11.3 Å². The fourth-order valence-electron chi connectivity index (χ4n) is 5.71. The number of pyridine rings is 1. The molecule has 226 valence electrons. The molecule has 12 heteroatoms. The molecule has 2 unspecified atom stereocenters. The van der Waals surface area contributed by atoms with E-state index in [1.54, 1.807) is 24.1 Å². The highest BCUT2D eigenvalue weighted by molar-refractivity contribution is 6.31. The second-order valence-electron chi connectivity index (χ2n) is 11.0. The van der Waals surface area contributed by atoms with Crippen LogP contribution in [0.4, 0.5) is 26.2 Å². The van der Waals surface area contributed by atoms with E-state index in [1.807, 2.05) is 31.2 Å². The van der Waals surface area contributed by atoms with Crippen LogP contribution in [0.3, 0.4) is 0 Å². The lowest BCUT2D eigenvalue weighted by Crippen LogP contribution is -2.37. The summed E-state index contributed by atoms with van der Waals surface area (Å²) in [5.74, 6) is -2.02. The number of amides is 2. The van der Waals surface area contributed by atoms with Crippen LogP contribution in [0, 0.1) is 24.5 Å². The van der Waals surface area contributed by atoms with Gasteiger partial charge in [-0.2, -0.15) is 0 Å². The zero-order chi connectivity index (χ0) is 31.0. The Hall–Kier alpha value is -4.64. The first-order valence-electron chi connectivity index (χ1n) is 14.3. The molecule has 44 heavy (non-hydrogen) atoms. The third-order valence-corrected chi connectivity index (χ3v) is 8.30. The minimum absolute atomic E-state index is 0.141. The van der Waals surface area contributed by atoms with Gasteiger partial charge in [-0.3, -0.25) is 14.6 Å². The van der Waals surface area contributed by atoms with E-state index >= 15 is 0 Å². The molecule has 0 radical (unpaired) electrons. The molecule has 6 rings (SSSR count). The molecular weight excluding hydrogens is 590 g/mol. The molecule has 2 aromatic heterocycles. The molecule has 0 fully saturated rings. The molecule has 0 spiro atoms. The summed E-state index contributed by atoms with van der Waals surface area (Å²) in [7, 11) is 0. The number of carbonyl (C=O) groups excluding carboxylic acids is 2. The van der Waals surface area contributed by atoms with Gasteiger partial charge in [-0.1, -0.05) is 30.0 Å². The second kappa shape index (κ2) is 12.2. The summed E-state index contributed by atoms with van der Waals surface area (Å²) in [5.41, 5.74) is 3.36. The lowest BCUT2D eigenvalue weighted by atomic mass is 9.91. The zero-order valence-electron chi connectivity index (χ0n) is 24.0. The highest BCUT2D eigenvalue weighted by Gasteiger charge is 2.31. The van der Waals surface area contributed by atoms with Crippen LogP contribution in [0.2, 0.25) is 5.02 Å². The van der Waals surface area contributed by atoms with Gasteiger partial charge in [0, 0.05) is 42.9 Å². The molecule has 2 amide bonds. The van der Waals surface area contributed by atoms with Gasteiger partial charge < -0.3 is 20.0 Å². The Kier molecular flexibility index (Phi) is 8.13. The number of nitrogens with zero attached hydrogens (tertiary/aromatic N) is 4. The Bertz CT molecular complexity index is 1790. The van der Waals surface area contributed by atoms with Gasteiger partial charge >= 0.3 is 6.01 Å². The molecule has 0 saturated heterocycles. The molecule has 0 aliphatic carbocycles. The van der Waals surface area contributed by atoms with Crippen molar-refractivity contribution in [3.63, 3.8) is 0 Å². The van der Waals surface area contributed by atoms with E-state index in [9.17, 15) is 18.4 Å². The number of carbonyl (C=O) groups is 2. The third-order valence-electron chi connectivity index (χ3n) is 8.01. The number of benzene rings is 2. The largest absolute Gasteiger partial charge is 0.408 e. The molecule has 2 bridgehead atoms. The van der Waals surface area contributed by atoms with Crippen molar-refractivity contribution in [1.82, 2.24) is 20.1 Å². The summed E-state index contributed by atoms with van der Waals surface area (Å²) in [6.07, 6.45) is 5.08. The number of aromatic nitrogens is 3. The fraction of sp³-hybridized carbons (Fsp3) is 0.281. The lowest BCUT2D eigenvalue weighted by Gasteiger charge is -2.35. The van der Waals surface area contributed by atoms with E-state index in [1.165, 1.54) is 6.08 Å². The average Bonchev–Trinajstić information content (AvgIpc) is 3.41. The van der Waals surface area contributed by atoms with Crippen LogP contribution in [-0.4, -0.2) is 38.4 Å². The first-order valence-corrected chi connectivity index (χ1v) is 14.7. The van der Waals surface area contributed by atoms with Gasteiger partial charge in [0.1, 0.15) is 5.82 Å². The Labute approximate surface area is 257 Å².